The van der Waals surface area contributed by atoms with Crippen LogP contribution in [0.1, 0.15) is 17.3 Å². The Balaban J connectivity index is 1.22. The van der Waals surface area contributed by atoms with E-state index in [9.17, 15) is 0 Å². The molecular weight excluding hydrogens is 633 g/mol. The minimum Gasteiger partial charge on any atom is -0.359 e. The second kappa shape index (κ2) is 11.3. The van der Waals surface area contributed by atoms with Gasteiger partial charge in [0.1, 0.15) is 12.0 Å². The first-order valence-corrected chi connectivity index (χ1v) is 17.9. The van der Waals surface area contributed by atoms with Crippen molar-refractivity contribution in [3.05, 3.63) is 193 Å². The van der Waals surface area contributed by atoms with Crippen LogP contribution in [0.3, 0.4) is 0 Å². The lowest BCUT2D eigenvalue weighted by Gasteiger charge is -2.28. The van der Waals surface area contributed by atoms with Crippen LogP contribution < -0.4 is 5.32 Å². The van der Waals surface area contributed by atoms with Gasteiger partial charge in [-0.2, -0.15) is 0 Å². The van der Waals surface area contributed by atoms with Crippen molar-refractivity contribution in [2.75, 3.05) is 5.32 Å². The summed E-state index contributed by atoms with van der Waals surface area (Å²) >= 11 is 0. The molecule has 0 fully saturated rings. The molecule has 1 aliphatic rings. The Labute approximate surface area is 300 Å². The maximum absolute atomic E-state index is 5.54. The minimum absolute atomic E-state index is 0.244. The van der Waals surface area contributed by atoms with Crippen molar-refractivity contribution in [2.24, 2.45) is 4.99 Å². The van der Waals surface area contributed by atoms with Crippen molar-refractivity contribution in [1.29, 1.82) is 0 Å². The number of rotatable bonds is 3. The van der Waals surface area contributed by atoms with Crippen molar-refractivity contribution in [1.82, 2.24) is 9.13 Å². The monoisotopic (exact) mass is 664 g/mol. The molecule has 4 heteroatoms. The van der Waals surface area contributed by atoms with Gasteiger partial charge in [-0.05, 0) is 64.5 Å². The summed E-state index contributed by atoms with van der Waals surface area (Å²) in [7, 11) is 0. The molecule has 1 unspecified atom stereocenters. The number of aromatic nitrogens is 2. The van der Waals surface area contributed by atoms with Gasteiger partial charge < -0.3 is 9.88 Å². The van der Waals surface area contributed by atoms with Crippen LogP contribution in [0, 0.1) is 0 Å². The lowest BCUT2D eigenvalue weighted by Crippen LogP contribution is -2.25. The first-order valence-electron chi connectivity index (χ1n) is 17.9. The summed E-state index contributed by atoms with van der Waals surface area (Å²) in [6.07, 6.45) is -0.244. The fourth-order valence-electron chi connectivity index (χ4n) is 8.52. The van der Waals surface area contributed by atoms with Crippen LogP contribution in [0.4, 0.5) is 5.69 Å². The summed E-state index contributed by atoms with van der Waals surface area (Å²) in [5, 5.41) is 11.2. The van der Waals surface area contributed by atoms with Gasteiger partial charge in [0, 0.05) is 38.2 Å². The number of nitrogens with zero attached hydrogens (tertiary/aromatic N) is 3. The number of anilines is 1. The van der Waals surface area contributed by atoms with Gasteiger partial charge in [0.05, 0.1) is 27.8 Å². The lowest BCUT2D eigenvalue weighted by molar-refractivity contribution is 0.821. The first-order chi connectivity index (χ1) is 25.8. The van der Waals surface area contributed by atoms with E-state index in [1.807, 2.05) is 0 Å². The van der Waals surface area contributed by atoms with E-state index in [4.69, 9.17) is 4.99 Å². The molecule has 2 aromatic heterocycles. The number of benzene rings is 8. The zero-order chi connectivity index (χ0) is 34.2. The number of hydrogen-bond acceptors (Lipinski definition) is 2. The highest BCUT2D eigenvalue weighted by atomic mass is 15.2. The van der Waals surface area contributed by atoms with Crippen LogP contribution in [-0.4, -0.2) is 15.0 Å². The third kappa shape index (κ3) is 4.18. The molecule has 244 valence electrons. The molecule has 3 heterocycles. The molecular formula is C48H32N4. The number of nitrogens with one attached hydrogen (secondary N) is 1. The van der Waals surface area contributed by atoms with Crippen molar-refractivity contribution in [3.63, 3.8) is 0 Å². The molecule has 0 bridgehead atoms. The Morgan fingerprint density at radius 1 is 0.404 bits per heavy atom. The van der Waals surface area contributed by atoms with Crippen LogP contribution in [0.15, 0.2) is 187 Å². The molecule has 1 atom stereocenters. The van der Waals surface area contributed by atoms with E-state index in [-0.39, 0.29) is 6.17 Å². The van der Waals surface area contributed by atoms with E-state index in [1.165, 1.54) is 54.5 Å². The third-order valence-electron chi connectivity index (χ3n) is 10.7. The van der Waals surface area contributed by atoms with Gasteiger partial charge in [-0.3, -0.25) is 4.57 Å². The fourth-order valence-corrected chi connectivity index (χ4v) is 8.52. The summed E-state index contributed by atoms with van der Waals surface area (Å²) < 4.78 is 4.79. The highest BCUT2D eigenvalue weighted by molar-refractivity contribution is 6.26. The average Bonchev–Trinajstić information content (AvgIpc) is 3.74. The van der Waals surface area contributed by atoms with Crippen molar-refractivity contribution in [3.8, 4) is 16.8 Å². The second-order valence-electron chi connectivity index (χ2n) is 13.6. The van der Waals surface area contributed by atoms with Gasteiger partial charge in [-0.25, -0.2) is 4.99 Å². The predicted octanol–water partition coefficient (Wildman–Crippen LogP) is 12.1. The second-order valence-corrected chi connectivity index (χ2v) is 13.6. The van der Waals surface area contributed by atoms with E-state index in [2.05, 4.69) is 196 Å². The van der Waals surface area contributed by atoms with E-state index < -0.39 is 0 Å². The lowest BCUT2D eigenvalue weighted by atomic mass is 9.95. The van der Waals surface area contributed by atoms with Crippen LogP contribution >= 0.6 is 0 Å². The zero-order valence-electron chi connectivity index (χ0n) is 28.2. The predicted molar refractivity (Wildman–Crippen MR) is 218 cm³/mol. The largest absolute Gasteiger partial charge is 0.359 e. The Bertz CT molecular complexity index is 3040. The van der Waals surface area contributed by atoms with Gasteiger partial charge >= 0.3 is 0 Å². The number of aliphatic imine (C=N–C) groups is 1. The van der Waals surface area contributed by atoms with Gasteiger partial charge in [-0.1, -0.05) is 140 Å². The van der Waals surface area contributed by atoms with Gasteiger partial charge in [0.2, 0.25) is 0 Å². The maximum atomic E-state index is 5.54. The first kappa shape index (κ1) is 28.9. The van der Waals surface area contributed by atoms with Crippen LogP contribution in [-0.2, 0) is 0 Å². The Kier molecular flexibility index (Phi) is 6.28. The standard InChI is InChI=1S/C48H32N4/c1-3-16-32(17-4-1)47-49-46-34-20-8-7-15-31(34)29-30-39(46)48(50-47)52-41-26-12-10-22-38(41)45-36(24-14-28-43(45)52)35-23-13-27-42-44(35)37-21-9-11-25-40(37)51(42)33-18-5-2-6-19-33/h1-30,47,49H. The molecule has 10 aromatic rings. The quantitative estimate of drug-likeness (QED) is 0.200. The van der Waals surface area contributed by atoms with Gasteiger partial charge in [0.15, 0.2) is 0 Å². The molecule has 1 N–H and O–H groups in total. The normalized spacial score (nSPS) is 14.2. The molecule has 1 aliphatic heterocycles. The van der Waals surface area contributed by atoms with Crippen molar-refractivity contribution < 1.29 is 0 Å². The Hall–Kier alpha value is -6.91. The highest BCUT2D eigenvalue weighted by Gasteiger charge is 2.28. The molecule has 0 amide bonds. The topological polar surface area (TPSA) is 34.2 Å². The van der Waals surface area contributed by atoms with Gasteiger partial charge in [0.25, 0.3) is 0 Å². The molecule has 0 radical (unpaired) electrons. The SMILES string of the molecule is c1ccc(C2N=C(n3c4ccccc4c4c(-c5cccc6c5c5ccccc5n6-c5ccccc5)cccc43)c3ccc4ccccc4c3N2)cc1. The van der Waals surface area contributed by atoms with E-state index in [1.54, 1.807) is 0 Å². The highest BCUT2D eigenvalue weighted by Crippen LogP contribution is 2.44. The zero-order valence-corrected chi connectivity index (χ0v) is 28.2. The molecule has 0 spiro atoms. The van der Waals surface area contributed by atoms with E-state index in [0.717, 1.165) is 39.4 Å². The molecule has 0 aliphatic carbocycles. The van der Waals surface area contributed by atoms with Crippen LogP contribution in [0.5, 0.6) is 0 Å². The van der Waals surface area contributed by atoms with Crippen LogP contribution in [0.2, 0.25) is 0 Å². The van der Waals surface area contributed by atoms with E-state index >= 15 is 0 Å². The van der Waals surface area contributed by atoms with Crippen molar-refractivity contribution >= 4 is 65.9 Å². The molecule has 52 heavy (non-hydrogen) atoms. The number of fused-ring (bicyclic) bond motifs is 9. The molecule has 4 nitrogen and oxygen atoms in total. The molecule has 0 saturated heterocycles. The number of para-hydroxylation sites is 3. The summed E-state index contributed by atoms with van der Waals surface area (Å²) in [6.45, 7) is 0. The average molecular weight is 665 g/mol. The molecule has 11 rings (SSSR count). The minimum atomic E-state index is -0.244. The maximum Gasteiger partial charge on any atom is 0.147 e. The molecule has 0 saturated carbocycles. The van der Waals surface area contributed by atoms with Crippen molar-refractivity contribution in [2.45, 2.75) is 6.17 Å². The number of hydrogen-bond donors (Lipinski definition) is 1. The summed E-state index contributed by atoms with van der Waals surface area (Å²) in [6, 6.07) is 65.4. The van der Waals surface area contributed by atoms with Crippen LogP contribution in [0.25, 0.3) is 71.2 Å². The smallest absolute Gasteiger partial charge is 0.147 e. The summed E-state index contributed by atoms with van der Waals surface area (Å²) in [5.74, 6) is 0.940. The third-order valence-corrected chi connectivity index (χ3v) is 10.7. The fraction of sp³-hybridized carbons (Fsp3) is 0.0208. The summed E-state index contributed by atoms with van der Waals surface area (Å²) in [4.78, 5) is 5.54. The Morgan fingerprint density at radius 3 is 1.63 bits per heavy atom. The Morgan fingerprint density at radius 2 is 0.942 bits per heavy atom. The summed E-state index contributed by atoms with van der Waals surface area (Å²) in [5.41, 5.74) is 11.6. The van der Waals surface area contributed by atoms with E-state index in [0.29, 0.717) is 0 Å². The van der Waals surface area contributed by atoms with Gasteiger partial charge in [-0.15, -0.1) is 0 Å². The molecule has 8 aromatic carbocycles.